The van der Waals surface area contributed by atoms with Crippen molar-refractivity contribution in [2.75, 3.05) is 0 Å². The van der Waals surface area contributed by atoms with E-state index in [4.69, 9.17) is 17.1 Å². The van der Waals surface area contributed by atoms with Crippen LogP contribution in [-0.4, -0.2) is 30.6 Å². The van der Waals surface area contributed by atoms with Gasteiger partial charge in [-0.3, -0.25) is 0 Å². The first-order valence-electron chi connectivity index (χ1n) is 6.96. The summed E-state index contributed by atoms with van der Waals surface area (Å²) in [5.74, 6) is -0.173. The monoisotopic (exact) mass is 334 g/mol. The van der Waals surface area contributed by atoms with E-state index in [2.05, 4.69) is 35.4 Å². The Bertz CT molecular complexity index is 1420. The normalized spacial score (nSPS) is 10.2. The third-order valence-corrected chi connectivity index (χ3v) is 3.74. The zero-order chi connectivity index (χ0) is 18.3. The van der Waals surface area contributed by atoms with Crippen molar-refractivity contribution in [3.8, 4) is 18.2 Å². The summed E-state index contributed by atoms with van der Waals surface area (Å²) < 4.78 is 0. The minimum atomic E-state index is -0.173. The van der Waals surface area contributed by atoms with Crippen LogP contribution < -0.4 is 0 Å². The van der Waals surface area contributed by atoms with Crippen LogP contribution >= 0.6 is 0 Å². The second kappa shape index (κ2) is 5.38. The predicted octanol–water partition coefficient (Wildman–Crippen LogP) is 1.68. The van der Waals surface area contributed by atoms with Crippen molar-refractivity contribution in [3.05, 3.63) is 40.5 Å². The van der Waals surface area contributed by atoms with Crippen molar-refractivity contribution in [1.82, 2.24) is 30.6 Å². The van der Waals surface area contributed by atoms with Gasteiger partial charge in [-0.15, -0.1) is 20.4 Å². The second-order valence-electron chi connectivity index (χ2n) is 5.05. The van der Waals surface area contributed by atoms with Gasteiger partial charge in [-0.1, -0.05) is 11.7 Å². The maximum atomic E-state index is 9.52. The second-order valence-corrected chi connectivity index (χ2v) is 5.05. The molecule has 0 bridgehead atoms. The van der Waals surface area contributed by atoms with Gasteiger partial charge in [-0.05, 0) is 17.2 Å². The molecule has 0 saturated heterocycles. The highest BCUT2D eigenvalue weighted by Crippen LogP contribution is 2.35. The Balaban J connectivity index is 2.40. The number of nitrogens with zero attached hydrogens (tertiary/aromatic N) is 10. The lowest BCUT2D eigenvalue weighted by Gasteiger charge is -2.08. The molecule has 26 heavy (non-hydrogen) atoms. The van der Waals surface area contributed by atoms with Crippen molar-refractivity contribution in [3.63, 3.8) is 0 Å². The Morgan fingerprint density at radius 2 is 1.31 bits per heavy atom. The van der Waals surface area contributed by atoms with E-state index in [0.717, 1.165) is 0 Å². The molecule has 0 unspecified atom stereocenters. The van der Waals surface area contributed by atoms with E-state index in [1.54, 1.807) is 0 Å². The molecule has 0 amide bonds. The molecule has 0 saturated carbocycles. The summed E-state index contributed by atoms with van der Waals surface area (Å²) in [5.41, 5.74) is 0.872. The fourth-order valence-corrected chi connectivity index (χ4v) is 2.67. The molecule has 10 heteroatoms. The minimum absolute atomic E-state index is 0.0120. The van der Waals surface area contributed by atoms with Gasteiger partial charge in [-0.25, -0.2) is 0 Å². The maximum Gasteiger partial charge on any atom is 0.314 e. The molecule has 4 aromatic rings. The van der Waals surface area contributed by atoms with Crippen LogP contribution in [-0.2, 0) is 0 Å². The Labute approximate surface area is 144 Å². The zero-order valence-electron chi connectivity index (χ0n) is 12.6. The van der Waals surface area contributed by atoms with Crippen molar-refractivity contribution in [2.45, 2.75) is 0 Å². The van der Waals surface area contributed by atoms with Crippen LogP contribution in [0.15, 0.2) is 12.1 Å². The number of nitriles is 3. The molecule has 1 aromatic carbocycles. The topological polar surface area (TPSA) is 153 Å². The van der Waals surface area contributed by atoms with Crippen molar-refractivity contribution in [1.29, 1.82) is 15.8 Å². The van der Waals surface area contributed by atoms with Gasteiger partial charge in [0.05, 0.1) is 11.6 Å². The van der Waals surface area contributed by atoms with E-state index in [1.807, 2.05) is 18.2 Å². The lowest BCUT2D eigenvalue weighted by atomic mass is 10.0. The Hall–Kier alpha value is -4.80. The van der Waals surface area contributed by atoms with Gasteiger partial charge < -0.3 is 4.85 Å². The summed E-state index contributed by atoms with van der Waals surface area (Å²) in [6.45, 7) is 7.18. The van der Waals surface area contributed by atoms with E-state index >= 15 is 0 Å². The van der Waals surface area contributed by atoms with Crippen LogP contribution in [0.5, 0.6) is 0 Å². The molecule has 0 aliphatic carbocycles. The summed E-state index contributed by atoms with van der Waals surface area (Å²) in [5, 5.41) is 52.4. The zero-order valence-corrected chi connectivity index (χ0v) is 12.6. The molecule has 0 aliphatic heterocycles. The first kappa shape index (κ1) is 14.8. The van der Waals surface area contributed by atoms with Gasteiger partial charge in [0.15, 0.2) is 11.4 Å². The lowest BCUT2D eigenvalue weighted by Crippen LogP contribution is -1.99. The Morgan fingerprint density at radius 1 is 0.731 bits per heavy atom. The van der Waals surface area contributed by atoms with E-state index in [1.165, 1.54) is 12.1 Å². The predicted molar refractivity (Wildman–Crippen MR) is 86.1 cm³/mol. The van der Waals surface area contributed by atoms with Gasteiger partial charge >= 0.3 is 5.82 Å². The molecule has 3 aromatic heterocycles. The number of hydrogen-bond donors (Lipinski definition) is 0. The largest absolute Gasteiger partial charge is 0.358 e. The van der Waals surface area contributed by atoms with Crippen LogP contribution in [0.1, 0.15) is 17.0 Å². The third kappa shape index (κ3) is 1.88. The third-order valence-electron chi connectivity index (χ3n) is 3.74. The van der Waals surface area contributed by atoms with Crippen molar-refractivity contribution >= 4 is 38.5 Å². The molecule has 0 radical (unpaired) electrons. The highest BCUT2D eigenvalue weighted by Gasteiger charge is 2.21. The van der Waals surface area contributed by atoms with Gasteiger partial charge in [0.1, 0.15) is 28.7 Å². The molecular weight excluding hydrogens is 332 g/mol. The number of fused-ring (bicyclic) bond motifs is 6. The molecule has 116 valence electrons. The van der Waals surface area contributed by atoms with E-state index in [0.29, 0.717) is 10.8 Å². The fourth-order valence-electron chi connectivity index (χ4n) is 2.67. The van der Waals surface area contributed by atoms with Crippen LogP contribution in [0.4, 0.5) is 5.82 Å². The molecular formula is C16H2N10. The average molecular weight is 334 g/mol. The summed E-state index contributed by atoms with van der Waals surface area (Å²) >= 11 is 0. The molecule has 0 fully saturated rings. The molecule has 0 N–H and O–H groups in total. The van der Waals surface area contributed by atoms with E-state index < -0.39 is 0 Å². The summed E-state index contributed by atoms with van der Waals surface area (Å²) in [6, 6.07) is 8.71. The summed E-state index contributed by atoms with van der Waals surface area (Å²) in [7, 11) is 0. The Kier molecular flexibility index (Phi) is 3.06. The standard InChI is InChI=1S/C16H2N10/c1-20-16-11(6-19)12-13-9(2-7(4-17)21-23-13)10-3-8(5-18)22-24-14(10)15(12)25-26-16/h2-3H. The number of benzene rings is 1. The van der Waals surface area contributed by atoms with Crippen LogP contribution in [0.3, 0.4) is 0 Å². The van der Waals surface area contributed by atoms with Crippen LogP contribution in [0, 0.1) is 40.6 Å². The first-order valence-corrected chi connectivity index (χ1v) is 6.96. The first-order chi connectivity index (χ1) is 12.7. The summed E-state index contributed by atoms with van der Waals surface area (Å²) in [6.07, 6.45) is 0. The highest BCUT2D eigenvalue weighted by atomic mass is 15.2. The lowest BCUT2D eigenvalue weighted by molar-refractivity contribution is 1.03. The van der Waals surface area contributed by atoms with Gasteiger partial charge in [0, 0.05) is 16.2 Å². The average Bonchev–Trinajstić information content (AvgIpc) is 2.71. The van der Waals surface area contributed by atoms with Crippen molar-refractivity contribution < 1.29 is 0 Å². The fraction of sp³-hybridized carbons (Fsp3) is 0. The minimum Gasteiger partial charge on any atom is -0.358 e. The number of rotatable bonds is 0. The van der Waals surface area contributed by atoms with Crippen LogP contribution in [0.25, 0.3) is 37.6 Å². The SMILES string of the molecule is [C-]#[N+]c1nnc2c3nnc(C#N)cc3c3cc(C#N)nnc3c2c1C#N. The number of hydrogen-bond acceptors (Lipinski definition) is 9. The highest BCUT2D eigenvalue weighted by molar-refractivity contribution is 6.23. The number of aromatic nitrogens is 6. The van der Waals surface area contributed by atoms with Gasteiger partial charge in [0.2, 0.25) is 0 Å². The quantitative estimate of drug-likeness (QED) is 0.345. The van der Waals surface area contributed by atoms with Gasteiger partial charge in [0.25, 0.3) is 0 Å². The molecule has 10 nitrogen and oxygen atoms in total. The molecule has 3 heterocycles. The van der Waals surface area contributed by atoms with E-state index in [9.17, 15) is 5.26 Å². The van der Waals surface area contributed by atoms with E-state index in [-0.39, 0.29) is 44.7 Å². The Morgan fingerprint density at radius 3 is 1.88 bits per heavy atom. The maximum absolute atomic E-state index is 9.52. The van der Waals surface area contributed by atoms with Crippen molar-refractivity contribution in [2.24, 2.45) is 0 Å². The molecule has 0 aliphatic rings. The molecule has 4 rings (SSSR count). The smallest absolute Gasteiger partial charge is 0.314 e. The molecule has 0 spiro atoms. The molecule has 0 atom stereocenters. The van der Waals surface area contributed by atoms with Gasteiger partial charge in [-0.2, -0.15) is 15.8 Å². The summed E-state index contributed by atoms with van der Waals surface area (Å²) in [4.78, 5) is 3.21. The van der Waals surface area contributed by atoms with Crippen LogP contribution in [0.2, 0.25) is 0 Å².